The van der Waals surface area contributed by atoms with Crippen LogP contribution in [0.4, 0.5) is 0 Å². The predicted octanol–water partition coefficient (Wildman–Crippen LogP) is 1.69. The van der Waals surface area contributed by atoms with E-state index in [1.54, 1.807) is 6.08 Å². The topological polar surface area (TPSA) is 55.7 Å². The molecule has 0 N–H and O–H groups in total. The zero-order chi connectivity index (χ0) is 11.7. The van der Waals surface area contributed by atoms with Crippen molar-refractivity contribution >= 4 is 12.0 Å². The van der Waals surface area contributed by atoms with Crippen LogP contribution in [0.5, 0.6) is 0 Å². The van der Waals surface area contributed by atoms with E-state index in [0.717, 1.165) is 6.42 Å². The fraction of sp³-hybridized carbons (Fsp3) is 0.818. The predicted molar refractivity (Wildman–Crippen MR) is 55.0 cm³/mol. The molecule has 0 heterocycles. The first-order valence-corrected chi connectivity index (χ1v) is 5.06. The molecule has 1 rings (SSSR count). The van der Waals surface area contributed by atoms with E-state index in [-0.39, 0.29) is 17.3 Å². The summed E-state index contributed by atoms with van der Waals surface area (Å²) in [5.74, 6) is -0.408. The second-order valence-electron chi connectivity index (χ2n) is 4.81. The number of ether oxygens (including phenoxy) is 1. The molecule has 4 nitrogen and oxygen atoms in total. The summed E-state index contributed by atoms with van der Waals surface area (Å²) in [4.78, 5) is 25.8. The lowest BCUT2D eigenvalue weighted by molar-refractivity contribution is -0.149. The second-order valence-corrected chi connectivity index (χ2v) is 4.81. The Bertz CT molecular complexity index is 318. The lowest BCUT2D eigenvalue weighted by Gasteiger charge is -2.36. The Hall–Kier alpha value is -1.15. The zero-order valence-electron chi connectivity index (χ0n) is 9.66. The van der Waals surface area contributed by atoms with E-state index < -0.39 is 5.54 Å². The molecule has 0 amide bonds. The molecule has 0 aromatic rings. The molecule has 1 saturated carbocycles. The van der Waals surface area contributed by atoms with E-state index in [1.165, 1.54) is 7.11 Å². The van der Waals surface area contributed by atoms with Crippen molar-refractivity contribution in [3.63, 3.8) is 0 Å². The van der Waals surface area contributed by atoms with E-state index in [1.807, 2.05) is 20.8 Å². The van der Waals surface area contributed by atoms with Gasteiger partial charge >= 0.3 is 5.97 Å². The van der Waals surface area contributed by atoms with Gasteiger partial charge in [0.25, 0.3) is 0 Å². The van der Waals surface area contributed by atoms with Crippen LogP contribution < -0.4 is 0 Å². The Kier molecular flexibility index (Phi) is 3.00. The van der Waals surface area contributed by atoms with Crippen molar-refractivity contribution in [1.29, 1.82) is 0 Å². The smallest absolute Gasteiger partial charge is 0.309 e. The Labute approximate surface area is 89.7 Å². The average Bonchev–Trinajstić information content (AvgIpc) is 2.38. The summed E-state index contributed by atoms with van der Waals surface area (Å²) < 4.78 is 4.76. The number of esters is 1. The van der Waals surface area contributed by atoms with Gasteiger partial charge < -0.3 is 4.74 Å². The second kappa shape index (κ2) is 3.78. The molecule has 0 spiro atoms. The van der Waals surface area contributed by atoms with Gasteiger partial charge in [-0.2, -0.15) is 4.99 Å². The highest BCUT2D eigenvalue weighted by molar-refractivity contribution is 5.74. The fourth-order valence-corrected chi connectivity index (χ4v) is 2.34. The molecule has 4 heteroatoms. The molecule has 0 aromatic heterocycles. The first kappa shape index (κ1) is 11.9. The lowest BCUT2D eigenvalue weighted by atomic mass is 9.71. The quantitative estimate of drug-likeness (QED) is 0.397. The van der Waals surface area contributed by atoms with Gasteiger partial charge in [-0.3, -0.25) is 4.79 Å². The van der Waals surface area contributed by atoms with Crippen molar-refractivity contribution < 1.29 is 14.3 Å². The van der Waals surface area contributed by atoms with Gasteiger partial charge in [-0.05, 0) is 19.8 Å². The molecule has 0 aliphatic heterocycles. The standard InChI is InChI=1S/C11H17NO3/c1-10(2)8(9(14)15-4)5-6-11(10,3)12-7-13/h8H,5-6H2,1-4H3/t8-,11-/m1/s1. The van der Waals surface area contributed by atoms with Gasteiger partial charge in [0.15, 0.2) is 0 Å². The normalized spacial score (nSPS) is 33.2. The molecule has 1 aliphatic carbocycles. The highest BCUT2D eigenvalue weighted by Gasteiger charge is 2.55. The van der Waals surface area contributed by atoms with Crippen LogP contribution in [0.15, 0.2) is 4.99 Å². The number of aliphatic imine (C=N–C) groups is 1. The van der Waals surface area contributed by atoms with E-state index in [9.17, 15) is 9.59 Å². The van der Waals surface area contributed by atoms with Gasteiger partial charge in [0.1, 0.15) is 0 Å². The Balaban J connectivity index is 3.03. The van der Waals surface area contributed by atoms with Crippen LogP contribution in [0.1, 0.15) is 33.6 Å². The summed E-state index contributed by atoms with van der Waals surface area (Å²) in [6, 6.07) is 0. The molecule has 2 atom stereocenters. The molecule has 84 valence electrons. The number of carbonyl (C=O) groups is 1. The van der Waals surface area contributed by atoms with Crippen LogP contribution in [0.3, 0.4) is 0 Å². The summed E-state index contributed by atoms with van der Waals surface area (Å²) in [7, 11) is 1.39. The molecule has 0 saturated heterocycles. The molecule has 0 bridgehead atoms. The van der Waals surface area contributed by atoms with Gasteiger partial charge in [-0.15, -0.1) is 0 Å². The number of carbonyl (C=O) groups excluding carboxylic acids is 2. The van der Waals surface area contributed by atoms with Crippen molar-refractivity contribution in [3.05, 3.63) is 0 Å². The van der Waals surface area contributed by atoms with Gasteiger partial charge in [-0.25, -0.2) is 4.79 Å². The minimum atomic E-state index is -0.506. The number of hydrogen-bond donors (Lipinski definition) is 0. The van der Waals surface area contributed by atoms with E-state index in [2.05, 4.69) is 4.99 Å². The minimum Gasteiger partial charge on any atom is -0.469 e. The van der Waals surface area contributed by atoms with Crippen LogP contribution in [0.2, 0.25) is 0 Å². The van der Waals surface area contributed by atoms with Crippen LogP contribution in [-0.2, 0) is 14.3 Å². The largest absolute Gasteiger partial charge is 0.469 e. The Morgan fingerprint density at radius 3 is 2.53 bits per heavy atom. The maximum atomic E-state index is 11.6. The molecule has 1 fully saturated rings. The van der Waals surface area contributed by atoms with E-state index >= 15 is 0 Å². The lowest BCUT2D eigenvalue weighted by Crippen LogP contribution is -2.41. The minimum absolute atomic E-state index is 0.190. The van der Waals surface area contributed by atoms with Crippen molar-refractivity contribution in [2.45, 2.75) is 39.2 Å². The highest BCUT2D eigenvalue weighted by Crippen LogP contribution is 2.52. The summed E-state index contributed by atoms with van der Waals surface area (Å²) in [6.45, 7) is 5.78. The van der Waals surface area contributed by atoms with Crippen molar-refractivity contribution in [2.24, 2.45) is 16.3 Å². The average molecular weight is 211 g/mol. The van der Waals surface area contributed by atoms with E-state index in [0.29, 0.717) is 6.42 Å². The van der Waals surface area contributed by atoms with Gasteiger partial charge in [0, 0.05) is 5.41 Å². The molecule has 15 heavy (non-hydrogen) atoms. The number of hydrogen-bond acceptors (Lipinski definition) is 4. The fourth-order valence-electron chi connectivity index (χ4n) is 2.34. The third-order valence-corrected chi connectivity index (χ3v) is 3.96. The van der Waals surface area contributed by atoms with Crippen molar-refractivity contribution in [1.82, 2.24) is 0 Å². The third-order valence-electron chi connectivity index (χ3n) is 3.96. The number of nitrogens with zero attached hydrogens (tertiary/aromatic N) is 1. The summed E-state index contributed by atoms with van der Waals surface area (Å²) in [6.07, 6.45) is 3.03. The maximum absolute atomic E-state index is 11.6. The highest BCUT2D eigenvalue weighted by atomic mass is 16.5. The first-order valence-electron chi connectivity index (χ1n) is 5.06. The van der Waals surface area contributed by atoms with Gasteiger partial charge in [0.05, 0.1) is 18.6 Å². The number of isocyanates is 1. The number of rotatable bonds is 2. The summed E-state index contributed by atoms with van der Waals surface area (Å²) >= 11 is 0. The Morgan fingerprint density at radius 1 is 1.47 bits per heavy atom. The molecule has 0 unspecified atom stereocenters. The number of methoxy groups -OCH3 is 1. The van der Waals surface area contributed by atoms with Crippen LogP contribution in [0, 0.1) is 11.3 Å². The summed E-state index contributed by atoms with van der Waals surface area (Å²) in [5.41, 5.74) is -0.870. The zero-order valence-corrected chi connectivity index (χ0v) is 9.66. The molecule has 0 radical (unpaired) electrons. The van der Waals surface area contributed by atoms with Crippen molar-refractivity contribution in [3.8, 4) is 0 Å². The molecular formula is C11H17NO3. The molecule has 1 aliphatic rings. The third kappa shape index (κ3) is 1.70. The Morgan fingerprint density at radius 2 is 2.07 bits per heavy atom. The van der Waals surface area contributed by atoms with Crippen molar-refractivity contribution in [2.75, 3.05) is 7.11 Å². The first-order chi connectivity index (χ1) is 6.89. The molecule has 0 aromatic carbocycles. The van der Waals surface area contributed by atoms with Crippen LogP contribution >= 0.6 is 0 Å². The van der Waals surface area contributed by atoms with Gasteiger partial charge in [0.2, 0.25) is 6.08 Å². The summed E-state index contributed by atoms with van der Waals surface area (Å²) in [5, 5.41) is 0. The van der Waals surface area contributed by atoms with E-state index in [4.69, 9.17) is 4.74 Å². The SMILES string of the molecule is COC(=O)[C@H]1CC[C@@](C)(N=C=O)C1(C)C. The molecular weight excluding hydrogens is 194 g/mol. The monoisotopic (exact) mass is 211 g/mol. The van der Waals surface area contributed by atoms with Gasteiger partial charge in [-0.1, -0.05) is 13.8 Å². The van der Waals surface area contributed by atoms with Crippen LogP contribution in [-0.4, -0.2) is 24.7 Å². The maximum Gasteiger partial charge on any atom is 0.309 e. The van der Waals surface area contributed by atoms with Crippen LogP contribution in [0.25, 0.3) is 0 Å².